The second-order valence-corrected chi connectivity index (χ2v) is 6.63. The lowest BCUT2D eigenvalue weighted by Gasteiger charge is -2.22. The van der Waals surface area contributed by atoms with E-state index in [-0.39, 0.29) is 17.1 Å². The average molecular weight is 382 g/mol. The van der Waals surface area contributed by atoms with E-state index in [2.05, 4.69) is 6.07 Å². The van der Waals surface area contributed by atoms with E-state index in [1.807, 2.05) is 20.8 Å². The first-order chi connectivity index (χ1) is 13.3. The first kappa shape index (κ1) is 21.1. The van der Waals surface area contributed by atoms with Gasteiger partial charge in [0.2, 0.25) is 6.29 Å². The second-order valence-electron chi connectivity index (χ2n) is 6.63. The summed E-state index contributed by atoms with van der Waals surface area (Å²) in [4.78, 5) is 11.7. The van der Waals surface area contributed by atoms with E-state index in [1.54, 1.807) is 24.3 Å². The lowest BCUT2D eigenvalue weighted by atomic mass is 10.0. The molecule has 28 heavy (non-hydrogen) atoms. The van der Waals surface area contributed by atoms with Crippen LogP contribution in [-0.4, -0.2) is 17.2 Å². The zero-order valence-electron chi connectivity index (χ0n) is 16.7. The van der Waals surface area contributed by atoms with E-state index in [4.69, 9.17) is 15.2 Å². The maximum atomic E-state index is 11.7. The Morgan fingerprint density at radius 1 is 1.25 bits per heavy atom. The molecule has 2 aromatic rings. The fraction of sp³-hybridized carbons (Fsp3) is 0.364. The predicted molar refractivity (Wildman–Crippen MR) is 108 cm³/mol. The minimum Gasteiger partial charge on any atom is -0.507 e. The lowest BCUT2D eigenvalue weighted by molar-refractivity contribution is 0.00227. The number of aryl methyl sites for hydroxylation is 1. The highest BCUT2D eigenvalue weighted by atomic mass is 16.7. The molecular weight excluding hydrogens is 356 g/mol. The topological polar surface area (TPSA) is 106 Å². The Kier molecular flexibility index (Phi) is 6.89. The van der Waals surface area contributed by atoms with Gasteiger partial charge in [0.15, 0.2) is 5.78 Å². The minimum absolute atomic E-state index is 0.0565. The first-order valence-electron chi connectivity index (χ1n) is 9.31. The summed E-state index contributed by atoms with van der Waals surface area (Å²) < 4.78 is 11.9. The number of nitrogen functional groups attached to an aromatic ring is 1. The van der Waals surface area contributed by atoms with Gasteiger partial charge in [0.05, 0.1) is 11.1 Å². The number of benzene rings is 2. The maximum Gasteiger partial charge on any atom is 0.240 e. The van der Waals surface area contributed by atoms with Gasteiger partial charge in [0, 0.05) is 23.7 Å². The fourth-order valence-corrected chi connectivity index (χ4v) is 2.87. The monoisotopic (exact) mass is 382 g/mol. The molecule has 0 aliphatic rings. The smallest absolute Gasteiger partial charge is 0.240 e. The van der Waals surface area contributed by atoms with E-state index in [0.717, 1.165) is 12.0 Å². The Balaban J connectivity index is 2.36. The van der Waals surface area contributed by atoms with Crippen molar-refractivity contribution in [1.82, 2.24) is 0 Å². The molecule has 1 unspecified atom stereocenters. The van der Waals surface area contributed by atoms with Crippen LogP contribution < -0.4 is 15.2 Å². The first-order valence-corrected chi connectivity index (χ1v) is 9.31. The number of hydrogen-bond donors (Lipinski definition) is 2. The number of carbonyl (C=O) groups excluding carboxylic acids is 1. The number of ketones is 1. The lowest BCUT2D eigenvalue weighted by Crippen LogP contribution is -2.24. The van der Waals surface area contributed by atoms with E-state index < -0.39 is 6.29 Å². The number of ether oxygens (including phenoxy) is 2. The number of anilines is 1. The van der Waals surface area contributed by atoms with Crippen molar-refractivity contribution in [3.8, 4) is 23.3 Å². The zero-order chi connectivity index (χ0) is 20.8. The van der Waals surface area contributed by atoms with Crippen molar-refractivity contribution in [3.63, 3.8) is 0 Å². The van der Waals surface area contributed by atoms with Crippen molar-refractivity contribution in [3.05, 3.63) is 46.5 Å². The van der Waals surface area contributed by atoms with Crippen LogP contribution in [0.1, 0.15) is 60.7 Å². The van der Waals surface area contributed by atoms with Crippen molar-refractivity contribution in [1.29, 1.82) is 5.26 Å². The summed E-state index contributed by atoms with van der Waals surface area (Å²) in [5.74, 6) is 0.534. The highest BCUT2D eigenvalue weighted by Crippen LogP contribution is 2.34. The molecular formula is C22H26N2O4. The summed E-state index contributed by atoms with van der Waals surface area (Å²) in [6, 6.07) is 8.61. The Bertz CT molecular complexity index is 916. The normalized spacial score (nSPS) is 11.5. The number of rotatable bonds is 8. The van der Waals surface area contributed by atoms with Crippen molar-refractivity contribution in [2.75, 3.05) is 5.73 Å². The quantitative estimate of drug-likeness (QED) is 0.395. The predicted octanol–water partition coefficient (Wildman–Crippen LogP) is 4.50. The average Bonchev–Trinajstić information content (AvgIpc) is 2.66. The van der Waals surface area contributed by atoms with Crippen molar-refractivity contribution in [2.24, 2.45) is 0 Å². The summed E-state index contributed by atoms with van der Waals surface area (Å²) in [6.45, 7) is 7.10. The molecule has 6 heteroatoms. The number of hydrogen-bond acceptors (Lipinski definition) is 6. The van der Waals surface area contributed by atoms with E-state index in [0.29, 0.717) is 41.2 Å². The van der Waals surface area contributed by atoms with Crippen molar-refractivity contribution < 1.29 is 19.4 Å². The summed E-state index contributed by atoms with van der Waals surface area (Å²) in [5.41, 5.74) is 8.48. The summed E-state index contributed by atoms with van der Waals surface area (Å²) in [6.07, 6.45) is 1.14. The van der Waals surface area contributed by atoms with Gasteiger partial charge < -0.3 is 20.3 Å². The number of Topliss-reactive ketones (excluding diaryl/α,β-unsaturated/α-hetero) is 1. The van der Waals surface area contributed by atoms with Crippen LogP contribution in [0.5, 0.6) is 17.2 Å². The number of nitrogens with zero attached hydrogens (tertiary/aromatic N) is 1. The van der Waals surface area contributed by atoms with Crippen LogP contribution in [0.4, 0.5) is 5.69 Å². The SMILES string of the molecule is CCCc1c(OC(CC)Oc2cc(N)c(C)cc2C#N)ccc(C(C)=O)c1O. The number of carbonyl (C=O) groups is 1. The zero-order valence-corrected chi connectivity index (χ0v) is 16.7. The van der Waals surface area contributed by atoms with Crippen LogP contribution in [0.2, 0.25) is 0 Å². The van der Waals surface area contributed by atoms with E-state index in [9.17, 15) is 15.2 Å². The Morgan fingerprint density at radius 3 is 2.50 bits per heavy atom. The van der Waals surface area contributed by atoms with Crippen LogP contribution >= 0.6 is 0 Å². The molecule has 0 heterocycles. The molecule has 0 saturated heterocycles. The molecule has 0 aliphatic carbocycles. The van der Waals surface area contributed by atoms with Crippen LogP contribution in [0.25, 0.3) is 0 Å². The third kappa shape index (κ3) is 4.55. The summed E-state index contributed by atoms with van der Waals surface area (Å²) in [5, 5.41) is 19.9. The molecule has 148 valence electrons. The molecule has 2 aromatic carbocycles. The number of nitrogens with two attached hydrogens (primary N) is 1. The van der Waals surface area contributed by atoms with E-state index in [1.165, 1.54) is 6.92 Å². The van der Waals surface area contributed by atoms with Crippen LogP contribution in [0.15, 0.2) is 24.3 Å². The van der Waals surface area contributed by atoms with Crippen molar-refractivity contribution in [2.45, 2.75) is 53.2 Å². The van der Waals surface area contributed by atoms with Crippen molar-refractivity contribution >= 4 is 11.5 Å². The fourth-order valence-electron chi connectivity index (χ4n) is 2.87. The minimum atomic E-state index is -0.688. The molecule has 2 rings (SSSR count). The van der Waals surface area contributed by atoms with Crippen LogP contribution in [-0.2, 0) is 6.42 Å². The summed E-state index contributed by atoms with van der Waals surface area (Å²) in [7, 11) is 0. The van der Waals surface area contributed by atoms with Gasteiger partial charge in [-0.3, -0.25) is 4.79 Å². The second kappa shape index (κ2) is 9.14. The largest absolute Gasteiger partial charge is 0.507 e. The molecule has 0 aromatic heterocycles. The number of aromatic hydroxyl groups is 1. The third-order valence-corrected chi connectivity index (χ3v) is 4.46. The van der Waals surface area contributed by atoms with E-state index >= 15 is 0 Å². The van der Waals surface area contributed by atoms with Crippen LogP contribution in [0.3, 0.4) is 0 Å². The molecule has 0 bridgehead atoms. The number of phenols is 1. The summed E-state index contributed by atoms with van der Waals surface area (Å²) >= 11 is 0. The van der Waals surface area contributed by atoms with Gasteiger partial charge in [-0.1, -0.05) is 20.3 Å². The highest BCUT2D eigenvalue weighted by Gasteiger charge is 2.20. The van der Waals surface area contributed by atoms with Gasteiger partial charge in [-0.05, 0) is 44.0 Å². The Morgan fingerprint density at radius 2 is 1.93 bits per heavy atom. The molecule has 3 N–H and O–H groups in total. The Labute approximate surface area is 165 Å². The molecule has 0 spiro atoms. The highest BCUT2D eigenvalue weighted by molar-refractivity contribution is 5.97. The standard InChI is InChI=1S/C22H26N2O4/c1-5-7-17-19(9-8-16(14(4)25)22(17)26)27-21(6-2)28-20-11-18(24)13(3)10-15(20)12-23/h8-11,21,26H,5-7,24H2,1-4H3. The molecule has 0 fully saturated rings. The molecule has 0 aliphatic heterocycles. The number of phenolic OH excluding ortho intramolecular Hbond substituents is 1. The van der Waals surface area contributed by atoms with Gasteiger partial charge >= 0.3 is 0 Å². The van der Waals surface area contributed by atoms with Gasteiger partial charge in [-0.2, -0.15) is 5.26 Å². The van der Waals surface area contributed by atoms with Gasteiger partial charge in [0.1, 0.15) is 23.3 Å². The van der Waals surface area contributed by atoms with Gasteiger partial charge in [-0.25, -0.2) is 0 Å². The molecule has 1 atom stereocenters. The molecule has 0 saturated carbocycles. The Hall–Kier alpha value is -3.20. The maximum absolute atomic E-state index is 11.7. The molecule has 6 nitrogen and oxygen atoms in total. The van der Waals surface area contributed by atoms with Crippen LogP contribution in [0, 0.1) is 18.3 Å². The van der Waals surface area contributed by atoms with Gasteiger partial charge in [-0.15, -0.1) is 0 Å². The third-order valence-electron chi connectivity index (χ3n) is 4.46. The molecule has 0 amide bonds. The number of nitriles is 1. The molecule has 0 radical (unpaired) electrons. The van der Waals surface area contributed by atoms with Gasteiger partial charge in [0.25, 0.3) is 0 Å².